The lowest BCUT2D eigenvalue weighted by molar-refractivity contribution is 0.568. The summed E-state index contributed by atoms with van der Waals surface area (Å²) in [6.45, 7) is 18.0. The molecule has 0 saturated heterocycles. The van der Waals surface area contributed by atoms with Crippen molar-refractivity contribution in [2.24, 2.45) is 0 Å². The summed E-state index contributed by atoms with van der Waals surface area (Å²) >= 11 is 0. The molecule has 0 unspecified atom stereocenters. The van der Waals surface area contributed by atoms with Gasteiger partial charge in [-0.25, -0.2) is 0 Å². The first-order valence-corrected chi connectivity index (χ1v) is 19.9. The van der Waals surface area contributed by atoms with E-state index in [2.05, 4.69) is 52.4 Å². The van der Waals surface area contributed by atoms with Crippen molar-refractivity contribution >= 4 is 54.2 Å². The third-order valence-corrected chi connectivity index (χ3v) is 18.9. The summed E-state index contributed by atoms with van der Waals surface area (Å²) < 4.78 is 18.0. The highest BCUT2D eigenvalue weighted by Gasteiger charge is 2.28. The Morgan fingerprint density at radius 1 is 0.684 bits per heavy atom. The van der Waals surface area contributed by atoms with Crippen molar-refractivity contribution in [3.8, 4) is 0 Å². The summed E-state index contributed by atoms with van der Waals surface area (Å²) in [5.41, 5.74) is 2.25. The number of rotatable bonds is 10. The number of hydrogen-bond donors (Lipinski definition) is 0. The van der Waals surface area contributed by atoms with Crippen LogP contribution in [0.15, 0.2) is 0 Å². The van der Waals surface area contributed by atoms with E-state index in [0.717, 1.165) is 11.3 Å². The van der Waals surface area contributed by atoms with Gasteiger partial charge in [0.1, 0.15) is 0 Å². The predicted octanol–water partition coefficient (Wildman–Crippen LogP) is 3.10. The molecule has 0 aromatic rings. The van der Waals surface area contributed by atoms with Gasteiger partial charge in [0, 0.05) is 0 Å². The van der Waals surface area contributed by atoms with Gasteiger partial charge < -0.3 is 12.3 Å². The molecule has 0 aliphatic rings. The molecule has 0 rings (SSSR count). The van der Waals surface area contributed by atoms with Crippen LogP contribution in [0.25, 0.3) is 0 Å². The molecule has 0 saturated carbocycles. The van der Waals surface area contributed by atoms with Gasteiger partial charge in [0.05, 0.1) is 0 Å². The van der Waals surface area contributed by atoms with E-state index >= 15 is 0 Å². The molecule has 0 aromatic carbocycles. The summed E-state index contributed by atoms with van der Waals surface area (Å²) in [6, 6.07) is 0. The quantitative estimate of drug-likeness (QED) is 0.557. The van der Waals surface area contributed by atoms with Crippen LogP contribution in [0.5, 0.6) is 0 Å². The predicted molar refractivity (Wildman–Crippen MR) is 94.3 cm³/mol. The van der Waals surface area contributed by atoms with E-state index in [1.807, 2.05) is 0 Å². The summed E-state index contributed by atoms with van der Waals surface area (Å²) in [4.78, 5) is 0. The summed E-state index contributed by atoms with van der Waals surface area (Å²) in [6.07, 6.45) is 0. The van der Waals surface area contributed by atoms with Crippen molar-refractivity contribution < 1.29 is 12.3 Å². The largest absolute Gasteiger partial charge is 0.456 e. The van der Waals surface area contributed by atoms with Crippen LogP contribution in [0.2, 0.25) is 63.7 Å². The van der Waals surface area contributed by atoms with Crippen LogP contribution in [0.4, 0.5) is 0 Å². The lowest BCUT2D eigenvalue weighted by atomic mass is 11.8. The fraction of sp³-hybridized carbons (Fsp3) is 1.00. The Morgan fingerprint density at radius 3 is 1.53 bits per heavy atom. The summed E-state index contributed by atoms with van der Waals surface area (Å²) in [7, 11) is -2.53. The molecule has 3 nitrogen and oxygen atoms in total. The van der Waals surface area contributed by atoms with Gasteiger partial charge in [-0.2, -0.15) is 0 Å². The molecule has 0 aliphatic carbocycles. The molecule has 110 valence electrons. The van der Waals surface area contributed by atoms with Gasteiger partial charge in [-0.05, 0) is 63.7 Å². The van der Waals surface area contributed by atoms with Crippen LogP contribution in [0, 0.1) is 0 Å². The van der Waals surface area contributed by atoms with E-state index in [-0.39, 0.29) is 0 Å². The Bertz CT molecular complexity index is 254. The monoisotopic (exact) mass is 364 g/mol. The molecule has 0 aromatic heterocycles. The topological polar surface area (TPSA) is 27.7 Å². The highest BCUT2D eigenvalue weighted by Crippen LogP contribution is 2.15. The fourth-order valence-electron chi connectivity index (χ4n) is 1.18. The molecule has 0 amide bonds. The average molecular weight is 365 g/mol. The highest BCUT2D eigenvalue weighted by atomic mass is 28.4. The zero-order valence-electron chi connectivity index (χ0n) is 13.6. The Kier molecular flexibility index (Phi) is 9.12. The Hall–Kier alpha value is 1.18. The maximum Gasteiger partial charge on any atom is 0.214 e. The third-order valence-electron chi connectivity index (χ3n) is 2.10. The Labute approximate surface area is 130 Å². The van der Waals surface area contributed by atoms with Gasteiger partial charge in [0.2, 0.25) is 29.3 Å². The van der Waals surface area contributed by atoms with E-state index in [9.17, 15) is 0 Å². The molecule has 9 heteroatoms. The first kappa shape index (κ1) is 20.2. The molecule has 0 aliphatic heterocycles. The molecule has 6 radical (unpaired) electrons. The van der Waals surface area contributed by atoms with E-state index < -0.39 is 25.0 Å². The molecular formula is C10H28O3Si6. The molecule has 0 spiro atoms. The van der Waals surface area contributed by atoms with Crippen LogP contribution in [-0.2, 0) is 12.3 Å². The van der Waals surface area contributed by atoms with Crippen molar-refractivity contribution in [1.82, 2.24) is 0 Å². The van der Waals surface area contributed by atoms with Crippen molar-refractivity contribution in [3.63, 3.8) is 0 Å². The summed E-state index contributed by atoms with van der Waals surface area (Å²) in [5, 5.41) is 0. The minimum Gasteiger partial charge on any atom is -0.456 e. The molecular weight excluding hydrogens is 337 g/mol. The van der Waals surface area contributed by atoms with Crippen LogP contribution in [0.1, 0.15) is 0 Å². The SMILES string of the molecule is C[Si]O[Si](C)(C)C[Si]O[Si](C)(C)C[Si]O[Si](C)(C)C. The Balaban J connectivity index is 3.90. The molecule has 0 fully saturated rings. The van der Waals surface area contributed by atoms with Crippen LogP contribution in [0.3, 0.4) is 0 Å². The van der Waals surface area contributed by atoms with Gasteiger partial charge in [-0.3, -0.25) is 0 Å². The van der Waals surface area contributed by atoms with Gasteiger partial charge in [-0.15, -0.1) is 0 Å². The maximum atomic E-state index is 6.19. The van der Waals surface area contributed by atoms with Crippen LogP contribution in [-0.4, -0.2) is 54.2 Å². The lowest BCUT2D eigenvalue weighted by Gasteiger charge is -2.27. The smallest absolute Gasteiger partial charge is 0.214 e. The van der Waals surface area contributed by atoms with Crippen molar-refractivity contribution in [3.05, 3.63) is 0 Å². The van der Waals surface area contributed by atoms with E-state index in [0.29, 0.717) is 29.3 Å². The second-order valence-corrected chi connectivity index (χ2v) is 24.3. The normalized spacial score (nSPS) is 13.9. The van der Waals surface area contributed by atoms with Gasteiger partial charge in [0.15, 0.2) is 25.0 Å². The molecule has 0 atom stereocenters. The molecule has 0 heterocycles. The Morgan fingerprint density at radius 2 is 1.11 bits per heavy atom. The fourth-order valence-corrected chi connectivity index (χ4v) is 13.2. The molecule has 0 bridgehead atoms. The van der Waals surface area contributed by atoms with Gasteiger partial charge in [-0.1, -0.05) is 0 Å². The third kappa shape index (κ3) is 12.6. The summed E-state index contributed by atoms with van der Waals surface area (Å²) in [5.74, 6) is 0. The van der Waals surface area contributed by atoms with E-state index in [1.54, 1.807) is 0 Å². The first-order valence-electron chi connectivity index (χ1n) is 6.64. The zero-order chi connectivity index (χ0) is 15.2. The lowest BCUT2D eigenvalue weighted by Crippen LogP contribution is -2.40. The van der Waals surface area contributed by atoms with Gasteiger partial charge in [0.25, 0.3) is 0 Å². The van der Waals surface area contributed by atoms with Crippen LogP contribution >= 0.6 is 0 Å². The zero-order valence-corrected chi connectivity index (χ0v) is 19.6. The van der Waals surface area contributed by atoms with E-state index in [1.165, 1.54) is 0 Å². The van der Waals surface area contributed by atoms with E-state index in [4.69, 9.17) is 12.3 Å². The molecule has 19 heavy (non-hydrogen) atoms. The second-order valence-electron chi connectivity index (χ2n) is 6.78. The van der Waals surface area contributed by atoms with Crippen molar-refractivity contribution in [1.29, 1.82) is 0 Å². The number of hydrogen-bond acceptors (Lipinski definition) is 3. The first-order chi connectivity index (χ1) is 8.47. The maximum absolute atomic E-state index is 6.19. The van der Waals surface area contributed by atoms with Crippen LogP contribution < -0.4 is 0 Å². The van der Waals surface area contributed by atoms with Crippen molar-refractivity contribution in [2.45, 2.75) is 63.7 Å². The minimum absolute atomic E-state index is 0.606. The average Bonchev–Trinajstić information content (AvgIpc) is 2.13. The molecule has 0 N–H and O–H groups in total. The standard InChI is InChI=1S/C10H28O3Si6/c1-14-11-18(5,6)10-16-13-19(7,8)9-15-12-17(2,3)4/h9-10H2,1-8H3. The van der Waals surface area contributed by atoms with Crippen molar-refractivity contribution in [2.75, 3.05) is 0 Å². The second kappa shape index (κ2) is 8.58. The van der Waals surface area contributed by atoms with Gasteiger partial charge >= 0.3 is 0 Å². The minimum atomic E-state index is -1.53. The highest BCUT2D eigenvalue weighted by molar-refractivity contribution is 6.86.